The maximum atomic E-state index is 11.2. The Balaban J connectivity index is 2.54. The number of carbonyl (C=O) groups excluding carboxylic acids is 1. The molecule has 0 aliphatic heterocycles. The number of ketones is 1. The van der Waals surface area contributed by atoms with E-state index in [2.05, 4.69) is 0 Å². The summed E-state index contributed by atoms with van der Waals surface area (Å²) in [6.07, 6.45) is 3.49. The van der Waals surface area contributed by atoms with Gasteiger partial charge in [-0.15, -0.1) is 0 Å². The van der Waals surface area contributed by atoms with Gasteiger partial charge in [0.15, 0.2) is 5.78 Å². The third kappa shape index (κ3) is 1.99. The van der Waals surface area contributed by atoms with E-state index in [1.165, 1.54) is 6.92 Å². The average Bonchev–Trinajstić information content (AvgIpc) is 2.66. The van der Waals surface area contributed by atoms with Crippen LogP contribution in [0, 0.1) is 0 Å². The van der Waals surface area contributed by atoms with Gasteiger partial charge in [0.2, 0.25) is 0 Å². The van der Waals surface area contributed by atoms with Crippen LogP contribution < -0.4 is 0 Å². The molecular weight excluding hydrogens is 245 g/mol. The molecule has 4 heteroatoms. The number of benzene rings is 1. The number of hydrogen-bond acceptors (Lipinski definition) is 1. The molecule has 0 aliphatic carbocycles. The predicted molar refractivity (Wildman–Crippen MR) is 65.8 cm³/mol. The first-order valence-corrected chi connectivity index (χ1v) is 5.48. The van der Waals surface area contributed by atoms with E-state index in [9.17, 15) is 4.79 Å². The van der Waals surface area contributed by atoms with Gasteiger partial charge in [0.25, 0.3) is 0 Å². The standard InChI is InChI=1S/C12H9Cl2NO/c1-8(16)9-5-6-15(7-9)12-10(13)3-2-4-11(12)14/h2-7H,1H3. The summed E-state index contributed by atoms with van der Waals surface area (Å²) in [5, 5.41) is 1.11. The molecule has 1 heterocycles. The summed E-state index contributed by atoms with van der Waals surface area (Å²) in [6, 6.07) is 7.04. The van der Waals surface area contributed by atoms with Crippen molar-refractivity contribution in [2.75, 3.05) is 0 Å². The van der Waals surface area contributed by atoms with Gasteiger partial charge in [-0.05, 0) is 25.1 Å². The number of para-hydroxylation sites is 1. The Morgan fingerprint density at radius 2 is 1.81 bits per heavy atom. The van der Waals surface area contributed by atoms with Crippen molar-refractivity contribution in [2.45, 2.75) is 6.92 Å². The molecule has 0 radical (unpaired) electrons. The van der Waals surface area contributed by atoms with Crippen LogP contribution in [0.4, 0.5) is 0 Å². The van der Waals surface area contributed by atoms with Crippen molar-refractivity contribution < 1.29 is 4.79 Å². The molecule has 0 fully saturated rings. The number of halogens is 2. The molecule has 0 saturated heterocycles. The largest absolute Gasteiger partial charge is 0.320 e. The summed E-state index contributed by atoms with van der Waals surface area (Å²) in [7, 11) is 0. The van der Waals surface area contributed by atoms with Crippen LogP contribution in [0.1, 0.15) is 17.3 Å². The van der Waals surface area contributed by atoms with E-state index in [0.29, 0.717) is 21.3 Å². The van der Waals surface area contributed by atoms with E-state index < -0.39 is 0 Å². The zero-order valence-corrected chi connectivity index (χ0v) is 10.1. The van der Waals surface area contributed by atoms with Gasteiger partial charge in [-0.25, -0.2) is 0 Å². The van der Waals surface area contributed by atoms with E-state index in [4.69, 9.17) is 23.2 Å². The SMILES string of the molecule is CC(=O)c1ccn(-c2c(Cl)cccc2Cl)c1. The fourth-order valence-corrected chi connectivity index (χ4v) is 2.07. The lowest BCUT2D eigenvalue weighted by molar-refractivity contribution is 0.101. The molecule has 0 bridgehead atoms. The highest BCUT2D eigenvalue weighted by atomic mass is 35.5. The van der Waals surface area contributed by atoms with E-state index in [1.807, 2.05) is 0 Å². The Labute approximate surface area is 103 Å². The lowest BCUT2D eigenvalue weighted by atomic mass is 10.2. The van der Waals surface area contributed by atoms with Crippen molar-refractivity contribution in [3.05, 3.63) is 52.3 Å². The molecule has 0 amide bonds. The molecule has 0 saturated carbocycles. The van der Waals surface area contributed by atoms with Gasteiger partial charge in [0.05, 0.1) is 15.7 Å². The third-order valence-electron chi connectivity index (χ3n) is 2.30. The molecule has 0 atom stereocenters. The quantitative estimate of drug-likeness (QED) is 0.743. The van der Waals surface area contributed by atoms with Crippen molar-refractivity contribution in [1.82, 2.24) is 4.57 Å². The van der Waals surface area contributed by atoms with Crippen LogP contribution in [0.2, 0.25) is 10.0 Å². The Hall–Kier alpha value is -1.25. The Bertz CT molecular complexity index is 525. The van der Waals surface area contributed by atoms with Gasteiger partial charge in [-0.1, -0.05) is 29.3 Å². The van der Waals surface area contributed by atoms with Gasteiger partial charge < -0.3 is 4.57 Å². The number of Topliss-reactive ketones (excluding diaryl/α,β-unsaturated/α-hetero) is 1. The molecule has 0 N–H and O–H groups in total. The first kappa shape index (κ1) is 11.2. The molecule has 82 valence electrons. The van der Waals surface area contributed by atoms with Crippen LogP contribution in [0.3, 0.4) is 0 Å². The van der Waals surface area contributed by atoms with Crippen LogP contribution in [-0.4, -0.2) is 10.4 Å². The van der Waals surface area contributed by atoms with Crippen LogP contribution >= 0.6 is 23.2 Å². The topological polar surface area (TPSA) is 22.0 Å². The van der Waals surface area contributed by atoms with Crippen LogP contribution in [0.25, 0.3) is 5.69 Å². The van der Waals surface area contributed by atoms with E-state index in [0.717, 1.165) is 0 Å². The molecule has 2 aromatic rings. The van der Waals surface area contributed by atoms with Crippen molar-refractivity contribution in [2.24, 2.45) is 0 Å². The number of hydrogen-bond donors (Lipinski definition) is 0. The predicted octanol–water partition coefficient (Wildman–Crippen LogP) is 3.99. The lowest BCUT2D eigenvalue weighted by Crippen LogP contribution is -1.94. The minimum absolute atomic E-state index is 0.0157. The van der Waals surface area contributed by atoms with Crippen LogP contribution in [-0.2, 0) is 0 Å². The second-order valence-electron chi connectivity index (χ2n) is 3.43. The van der Waals surface area contributed by atoms with E-state index >= 15 is 0 Å². The molecule has 16 heavy (non-hydrogen) atoms. The van der Waals surface area contributed by atoms with E-state index in [-0.39, 0.29) is 5.78 Å². The molecule has 1 aromatic carbocycles. The summed E-state index contributed by atoms with van der Waals surface area (Å²) < 4.78 is 1.75. The molecule has 0 unspecified atom stereocenters. The summed E-state index contributed by atoms with van der Waals surface area (Å²) in [5.74, 6) is 0.0157. The fourth-order valence-electron chi connectivity index (χ4n) is 1.48. The first-order valence-electron chi connectivity index (χ1n) is 4.73. The monoisotopic (exact) mass is 253 g/mol. The highest BCUT2D eigenvalue weighted by Crippen LogP contribution is 2.28. The minimum atomic E-state index is 0.0157. The molecular formula is C12H9Cl2NO. The van der Waals surface area contributed by atoms with Gasteiger partial charge >= 0.3 is 0 Å². The Morgan fingerprint density at radius 1 is 1.19 bits per heavy atom. The Kier molecular flexibility index (Phi) is 3.03. The normalized spacial score (nSPS) is 10.4. The van der Waals surface area contributed by atoms with E-state index in [1.54, 1.807) is 41.2 Å². The summed E-state index contributed by atoms with van der Waals surface area (Å²) in [4.78, 5) is 11.2. The third-order valence-corrected chi connectivity index (χ3v) is 2.91. The van der Waals surface area contributed by atoms with Gasteiger partial charge in [-0.3, -0.25) is 4.79 Å². The number of aromatic nitrogens is 1. The van der Waals surface area contributed by atoms with Crippen molar-refractivity contribution >= 4 is 29.0 Å². The summed E-state index contributed by atoms with van der Waals surface area (Å²) in [5.41, 5.74) is 1.33. The number of rotatable bonds is 2. The summed E-state index contributed by atoms with van der Waals surface area (Å²) in [6.45, 7) is 1.52. The minimum Gasteiger partial charge on any atom is -0.320 e. The van der Waals surface area contributed by atoms with Crippen molar-refractivity contribution in [1.29, 1.82) is 0 Å². The zero-order valence-electron chi connectivity index (χ0n) is 8.58. The van der Waals surface area contributed by atoms with Gasteiger partial charge in [-0.2, -0.15) is 0 Å². The van der Waals surface area contributed by atoms with Gasteiger partial charge in [0.1, 0.15) is 0 Å². The maximum absolute atomic E-state index is 11.2. The van der Waals surface area contributed by atoms with Crippen molar-refractivity contribution in [3.63, 3.8) is 0 Å². The van der Waals surface area contributed by atoms with Gasteiger partial charge in [0, 0.05) is 18.0 Å². The van der Waals surface area contributed by atoms with Crippen LogP contribution in [0.5, 0.6) is 0 Å². The van der Waals surface area contributed by atoms with Crippen molar-refractivity contribution in [3.8, 4) is 5.69 Å². The second kappa shape index (κ2) is 4.32. The average molecular weight is 254 g/mol. The van der Waals surface area contributed by atoms with Crippen LogP contribution in [0.15, 0.2) is 36.7 Å². The molecule has 2 nitrogen and oxygen atoms in total. The highest BCUT2D eigenvalue weighted by Gasteiger charge is 2.09. The molecule has 0 aliphatic rings. The number of nitrogens with zero attached hydrogens (tertiary/aromatic N) is 1. The maximum Gasteiger partial charge on any atom is 0.161 e. The Morgan fingerprint density at radius 3 is 2.31 bits per heavy atom. The number of carbonyl (C=O) groups is 1. The molecule has 0 spiro atoms. The second-order valence-corrected chi connectivity index (χ2v) is 4.25. The first-order chi connectivity index (χ1) is 7.59. The fraction of sp³-hybridized carbons (Fsp3) is 0.0833. The molecule has 1 aromatic heterocycles. The highest BCUT2D eigenvalue weighted by molar-refractivity contribution is 6.37. The molecule has 2 rings (SSSR count). The zero-order chi connectivity index (χ0) is 11.7. The smallest absolute Gasteiger partial charge is 0.161 e. The lowest BCUT2D eigenvalue weighted by Gasteiger charge is -2.07. The summed E-state index contributed by atoms with van der Waals surface area (Å²) >= 11 is 12.1.